The van der Waals surface area contributed by atoms with Crippen molar-refractivity contribution in [3.05, 3.63) is 63.6 Å². The van der Waals surface area contributed by atoms with E-state index < -0.39 is 5.76 Å². The molecule has 0 aliphatic heterocycles. The average Bonchev–Trinajstić information content (AvgIpc) is 3.05. The number of fused-ring (bicyclic) bond motifs is 2. The van der Waals surface area contributed by atoms with Crippen LogP contribution in [0.5, 0.6) is 5.75 Å². The van der Waals surface area contributed by atoms with Crippen LogP contribution in [-0.2, 0) is 12.8 Å². The molecule has 1 aliphatic carbocycles. The summed E-state index contributed by atoms with van der Waals surface area (Å²) in [5.74, 6) is 1.19. The molecular weight excluding hydrogens is 340 g/mol. The van der Waals surface area contributed by atoms with Crippen LogP contribution in [0.2, 0.25) is 0 Å². The minimum atomic E-state index is -0.398. The Bertz CT molecular complexity index is 989. The van der Waals surface area contributed by atoms with Gasteiger partial charge in [0.15, 0.2) is 5.58 Å². The lowest BCUT2D eigenvalue weighted by molar-refractivity contribution is 0.299. The van der Waals surface area contributed by atoms with Crippen molar-refractivity contribution in [2.75, 3.05) is 27.2 Å². The van der Waals surface area contributed by atoms with Gasteiger partial charge in [0.1, 0.15) is 5.75 Å². The molecule has 0 bridgehead atoms. The summed E-state index contributed by atoms with van der Waals surface area (Å²) < 4.78 is 10.6. The number of hydrogen-bond acceptors (Lipinski definition) is 4. The van der Waals surface area contributed by atoms with E-state index in [0.717, 1.165) is 37.2 Å². The summed E-state index contributed by atoms with van der Waals surface area (Å²) in [5, 5.41) is 0. The standard InChI is InChI=1S/C22H26N2O3/c1-24(12-11-15-9-10-21-19(13-15)23-22(25)27-21)14-16-5-3-7-18-17(16)6-4-8-20(18)26-2/h4,6,8-10,13,16H,3,5,7,11-12,14H2,1-2H3,(H,23,25). The van der Waals surface area contributed by atoms with Crippen molar-refractivity contribution >= 4 is 11.1 Å². The Labute approximate surface area is 158 Å². The van der Waals surface area contributed by atoms with E-state index in [1.54, 1.807) is 7.11 Å². The van der Waals surface area contributed by atoms with Crippen molar-refractivity contribution in [3.8, 4) is 5.75 Å². The normalized spacial score (nSPS) is 16.6. The monoisotopic (exact) mass is 366 g/mol. The fraction of sp³-hybridized carbons (Fsp3) is 0.409. The highest BCUT2D eigenvalue weighted by Crippen LogP contribution is 2.36. The van der Waals surface area contributed by atoms with Gasteiger partial charge in [-0.15, -0.1) is 0 Å². The molecule has 142 valence electrons. The fourth-order valence-electron chi connectivity index (χ4n) is 4.24. The third-order valence-electron chi connectivity index (χ3n) is 5.61. The number of hydrogen-bond donors (Lipinski definition) is 1. The average molecular weight is 366 g/mol. The first-order valence-electron chi connectivity index (χ1n) is 9.60. The Morgan fingerprint density at radius 1 is 1.30 bits per heavy atom. The van der Waals surface area contributed by atoms with Crippen LogP contribution < -0.4 is 10.5 Å². The number of ether oxygens (including phenoxy) is 1. The van der Waals surface area contributed by atoms with Gasteiger partial charge in [-0.3, -0.25) is 4.98 Å². The maximum atomic E-state index is 11.3. The lowest BCUT2D eigenvalue weighted by atomic mass is 9.82. The van der Waals surface area contributed by atoms with E-state index >= 15 is 0 Å². The van der Waals surface area contributed by atoms with Crippen LogP contribution in [-0.4, -0.2) is 37.1 Å². The third-order valence-corrected chi connectivity index (χ3v) is 5.61. The Balaban J connectivity index is 1.41. The van der Waals surface area contributed by atoms with Gasteiger partial charge in [0, 0.05) is 13.1 Å². The zero-order valence-corrected chi connectivity index (χ0v) is 16.0. The Morgan fingerprint density at radius 2 is 2.19 bits per heavy atom. The molecule has 1 atom stereocenters. The smallest absolute Gasteiger partial charge is 0.417 e. The molecule has 1 aromatic heterocycles. The molecule has 5 heteroatoms. The summed E-state index contributed by atoms with van der Waals surface area (Å²) in [4.78, 5) is 16.4. The van der Waals surface area contributed by atoms with E-state index in [1.807, 2.05) is 18.2 Å². The first kappa shape index (κ1) is 17.9. The lowest BCUT2D eigenvalue weighted by Gasteiger charge is -2.30. The van der Waals surface area contributed by atoms with Crippen molar-refractivity contribution in [1.82, 2.24) is 9.88 Å². The number of methoxy groups -OCH3 is 1. The first-order chi connectivity index (χ1) is 13.1. The van der Waals surface area contributed by atoms with Crippen LogP contribution in [0.15, 0.2) is 45.6 Å². The SMILES string of the molecule is COc1cccc2c1CCCC2CN(C)CCc1ccc2oc(=O)[nH]c2c1. The topological polar surface area (TPSA) is 58.5 Å². The molecule has 0 saturated carbocycles. The Morgan fingerprint density at radius 3 is 3.04 bits per heavy atom. The largest absolute Gasteiger partial charge is 0.496 e. The second-order valence-electron chi connectivity index (χ2n) is 7.47. The van der Waals surface area contributed by atoms with Gasteiger partial charge < -0.3 is 14.1 Å². The van der Waals surface area contributed by atoms with Crippen LogP contribution >= 0.6 is 0 Å². The molecule has 1 N–H and O–H groups in total. The van der Waals surface area contributed by atoms with E-state index in [2.05, 4.69) is 35.1 Å². The predicted octanol–water partition coefficient (Wildman–Crippen LogP) is 3.72. The van der Waals surface area contributed by atoms with E-state index in [4.69, 9.17) is 9.15 Å². The van der Waals surface area contributed by atoms with Crippen LogP contribution in [0, 0.1) is 0 Å². The van der Waals surface area contributed by atoms with Gasteiger partial charge in [-0.05, 0) is 73.5 Å². The van der Waals surface area contributed by atoms with Crippen molar-refractivity contribution in [2.24, 2.45) is 0 Å². The van der Waals surface area contributed by atoms with Crippen molar-refractivity contribution in [3.63, 3.8) is 0 Å². The number of benzene rings is 2. The number of nitrogens with zero attached hydrogens (tertiary/aromatic N) is 1. The molecule has 0 saturated heterocycles. The van der Waals surface area contributed by atoms with Crippen LogP contribution in [0.25, 0.3) is 11.1 Å². The van der Waals surface area contributed by atoms with E-state index in [-0.39, 0.29) is 0 Å². The molecule has 2 aromatic carbocycles. The zero-order valence-electron chi connectivity index (χ0n) is 16.0. The minimum Gasteiger partial charge on any atom is -0.496 e. The van der Waals surface area contributed by atoms with Gasteiger partial charge >= 0.3 is 5.76 Å². The molecule has 0 radical (unpaired) electrons. The van der Waals surface area contributed by atoms with Gasteiger partial charge in [-0.2, -0.15) is 0 Å². The zero-order chi connectivity index (χ0) is 18.8. The molecule has 1 aliphatic rings. The molecule has 4 rings (SSSR count). The summed E-state index contributed by atoms with van der Waals surface area (Å²) >= 11 is 0. The summed E-state index contributed by atoms with van der Waals surface area (Å²) in [6.45, 7) is 2.02. The second kappa shape index (κ2) is 7.61. The quantitative estimate of drug-likeness (QED) is 0.722. The predicted molar refractivity (Wildman–Crippen MR) is 107 cm³/mol. The van der Waals surface area contributed by atoms with Crippen LogP contribution in [0.3, 0.4) is 0 Å². The number of aromatic amines is 1. The summed E-state index contributed by atoms with van der Waals surface area (Å²) in [5.41, 5.74) is 5.43. The van der Waals surface area contributed by atoms with Crippen LogP contribution in [0.4, 0.5) is 0 Å². The minimum absolute atomic E-state index is 0.398. The van der Waals surface area contributed by atoms with Crippen molar-refractivity contribution < 1.29 is 9.15 Å². The molecule has 0 amide bonds. The summed E-state index contributed by atoms with van der Waals surface area (Å²) in [7, 11) is 3.95. The molecule has 0 fully saturated rings. The molecule has 1 unspecified atom stereocenters. The first-order valence-corrected chi connectivity index (χ1v) is 9.60. The maximum Gasteiger partial charge on any atom is 0.417 e. The summed E-state index contributed by atoms with van der Waals surface area (Å²) in [6, 6.07) is 12.4. The Kier molecular flexibility index (Phi) is 5.03. The van der Waals surface area contributed by atoms with Gasteiger partial charge in [-0.25, -0.2) is 4.79 Å². The molecule has 27 heavy (non-hydrogen) atoms. The third kappa shape index (κ3) is 3.78. The van der Waals surface area contributed by atoms with E-state index in [0.29, 0.717) is 11.5 Å². The van der Waals surface area contributed by atoms with Crippen LogP contribution in [0.1, 0.15) is 35.4 Å². The molecular formula is C22H26N2O3. The maximum absolute atomic E-state index is 11.3. The van der Waals surface area contributed by atoms with Crippen molar-refractivity contribution in [2.45, 2.75) is 31.6 Å². The van der Waals surface area contributed by atoms with E-state index in [1.165, 1.54) is 29.5 Å². The van der Waals surface area contributed by atoms with Gasteiger partial charge in [0.05, 0.1) is 12.6 Å². The number of rotatable bonds is 6. The molecule has 5 nitrogen and oxygen atoms in total. The van der Waals surface area contributed by atoms with Gasteiger partial charge in [0.2, 0.25) is 0 Å². The number of H-pyrrole nitrogens is 1. The molecule has 3 aromatic rings. The highest BCUT2D eigenvalue weighted by atomic mass is 16.5. The fourth-order valence-corrected chi connectivity index (χ4v) is 4.24. The number of oxazole rings is 1. The van der Waals surface area contributed by atoms with E-state index in [9.17, 15) is 4.79 Å². The van der Waals surface area contributed by atoms with Crippen molar-refractivity contribution in [1.29, 1.82) is 0 Å². The number of likely N-dealkylation sites (N-methyl/N-ethyl adjacent to an activating group) is 1. The number of aromatic nitrogens is 1. The molecule has 1 heterocycles. The lowest BCUT2D eigenvalue weighted by Crippen LogP contribution is -2.28. The highest BCUT2D eigenvalue weighted by molar-refractivity contribution is 5.72. The summed E-state index contributed by atoms with van der Waals surface area (Å²) in [6.07, 6.45) is 4.50. The Hall–Kier alpha value is -2.53. The van der Waals surface area contributed by atoms with Gasteiger partial charge in [-0.1, -0.05) is 18.2 Å². The molecule has 0 spiro atoms. The number of nitrogens with one attached hydrogen (secondary N) is 1. The second-order valence-corrected chi connectivity index (χ2v) is 7.47. The van der Waals surface area contributed by atoms with Gasteiger partial charge in [0.25, 0.3) is 0 Å². The highest BCUT2D eigenvalue weighted by Gasteiger charge is 2.23.